The summed E-state index contributed by atoms with van der Waals surface area (Å²) < 4.78 is 102. The van der Waals surface area contributed by atoms with Crippen molar-refractivity contribution in [3.05, 3.63) is 114 Å². The van der Waals surface area contributed by atoms with E-state index in [0.717, 1.165) is 55.4 Å². The zero-order chi connectivity index (χ0) is 34.3. The Morgan fingerprint density at radius 3 is 1.90 bits per heavy atom. The number of anilines is 3. The molecule has 2 aliphatic heterocycles. The Balaban J connectivity index is 1.41. The number of benzene rings is 4. The summed E-state index contributed by atoms with van der Waals surface area (Å²) in [4.78, 5) is 1.49. The number of para-hydroxylation sites is 3. The second kappa shape index (κ2) is 13.0. The zero-order valence-corrected chi connectivity index (χ0v) is 27.3. The summed E-state index contributed by atoms with van der Waals surface area (Å²) in [6, 6.07) is 24.9. The van der Waals surface area contributed by atoms with Crippen molar-refractivity contribution in [2.75, 3.05) is 29.3 Å². The quantitative estimate of drug-likeness (QED) is 0.276. The highest BCUT2D eigenvalue weighted by Gasteiger charge is 2.46. The number of sulfonamides is 1. The lowest BCUT2D eigenvalue weighted by atomic mass is 9.96. The van der Waals surface area contributed by atoms with Crippen LogP contribution in [0, 0.1) is 0 Å². The van der Waals surface area contributed by atoms with E-state index >= 15 is 0 Å². The molecule has 0 bridgehead atoms. The summed E-state index contributed by atoms with van der Waals surface area (Å²) in [5.74, 6) is -0.612. The van der Waals surface area contributed by atoms with Gasteiger partial charge in [0.25, 0.3) is 0 Å². The third kappa shape index (κ3) is 6.87. The Labute approximate surface area is 277 Å². The largest absolute Gasteiger partial charge is 0.573 e. The van der Waals surface area contributed by atoms with Crippen LogP contribution in [0.3, 0.4) is 0 Å². The lowest BCUT2D eigenvalue weighted by molar-refractivity contribution is -0.274. The molecule has 2 aliphatic rings. The van der Waals surface area contributed by atoms with Gasteiger partial charge >= 0.3 is 16.6 Å². The van der Waals surface area contributed by atoms with Gasteiger partial charge in [0.15, 0.2) is 0 Å². The minimum absolute atomic E-state index is 0.189. The third-order valence-electron chi connectivity index (χ3n) is 8.56. The summed E-state index contributed by atoms with van der Waals surface area (Å²) in [6.07, 6.45) is -5.02. The van der Waals surface area contributed by atoms with E-state index in [1.807, 2.05) is 53.4 Å². The number of ether oxygens (including phenoxy) is 1. The van der Waals surface area contributed by atoms with Gasteiger partial charge in [-0.1, -0.05) is 54.6 Å². The third-order valence-corrected chi connectivity index (χ3v) is 11.9. The molecule has 6 rings (SSSR count). The molecule has 15 heteroatoms. The highest BCUT2D eigenvalue weighted by atomic mass is 32.2. The standard InChI is InChI=1S/C33H33F3N4O6S2/c1-38(25-11-3-2-4-12-25)48(44,45)39-21-28(37-47(42,43)27-19-17-26(18-20-27)46-33(34,35)36)32(41)31(22-39)40-29-13-7-5-9-23(29)15-16-24-10-6-8-14-30(24)40/h2-14,17-20,28,31-32,37,41H,15-16,21-22H2,1H3/t28?,31?,32-/m0/s1. The minimum atomic E-state index is -4.97. The fourth-order valence-electron chi connectivity index (χ4n) is 6.22. The number of halogens is 3. The van der Waals surface area contributed by atoms with Crippen LogP contribution in [0.15, 0.2) is 108 Å². The van der Waals surface area contributed by atoms with E-state index in [2.05, 4.69) is 9.46 Å². The van der Waals surface area contributed by atoms with Gasteiger partial charge in [-0.3, -0.25) is 4.31 Å². The number of alkyl halides is 3. The summed E-state index contributed by atoms with van der Waals surface area (Å²) in [7, 11) is -7.36. The first kappa shape index (κ1) is 33.7. The summed E-state index contributed by atoms with van der Waals surface area (Å²) in [6.45, 7) is -0.617. The maximum atomic E-state index is 14.2. The lowest BCUT2D eigenvalue weighted by Crippen LogP contribution is -2.67. The molecule has 0 amide bonds. The maximum absolute atomic E-state index is 14.2. The molecular formula is C33H33F3N4O6S2. The SMILES string of the molecule is CN(c1ccccc1)S(=O)(=O)N1CC(NS(=O)(=O)c2ccc(OC(F)(F)F)cc2)[C@H](O)C(N2c3ccccc3CCc3ccccc32)C1. The van der Waals surface area contributed by atoms with Crippen LogP contribution >= 0.6 is 0 Å². The number of aryl methyl sites for hydroxylation is 2. The molecular weight excluding hydrogens is 670 g/mol. The molecule has 4 aromatic rings. The van der Waals surface area contributed by atoms with Crippen molar-refractivity contribution in [3.8, 4) is 5.75 Å². The molecule has 2 N–H and O–H groups in total. The first-order chi connectivity index (χ1) is 22.7. The molecule has 1 fully saturated rings. The van der Waals surface area contributed by atoms with E-state index in [1.165, 1.54) is 7.05 Å². The van der Waals surface area contributed by atoms with Crippen molar-refractivity contribution in [1.29, 1.82) is 0 Å². The number of nitrogens with zero attached hydrogens (tertiary/aromatic N) is 3. The number of hydrogen-bond acceptors (Lipinski definition) is 7. The molecule has 4 aromatic carbocycles. The van der Waals surface area contributed by atoms with Gasteiger partial charge in [-0.05, 0) is 72.5 Å². The summed E-state index contributed by atoms with van der Waals surface area (Å²) in [5.41, 5.74) is 3.83. The fourth-order valence-corrected chi connectivity index (χ4v) is 8.89. The van der Waals surface area contributed by atoms with Gasteiger partial charge in [0.05, 0.1) is 28.8 Å². The number of rotatable bonds is 8. The Morgan fingerprint density at radius 1 is 0.792 bits per heavy atom. The van der Waals surface area contributed by atoms with Gasteiger partial charge in [-0.2, -0.15) is 12.7 Å². The highest BCUT2D eigenvalue weighted by molar-refractivity contribution is 7.90. The molecule has 2 heterocycles. The van der Waals surface area contributed by atoms with Crippen LogP contribution in [0.4, 0.5) is 30.2 Å². The average molecular weight is 703 g/mol. The zero-order valence-electron chi connectivity index (χ0n) is 25.7. The van der Waals surface area contributed by atoms with Crippen molar-refractivity contribution >= 4 is 37.3 Å². The van der Waals surface area contributed by atoms with E-state index in [-0.39, 0.29) is 6.54 Å². The van der Waals surface area contributed by atoms with Gasteiger partial charge in [0, 0.05) is 31.5 Å². The number of fused-ring (bicyclic) bond motifs is 2. The van der Waals surface area contributed by atoms with Crippen LogP contribution < -0.4 is 18.7 Å². The lowest BCUT2D eigenvalue weighted by Gasteiger charge is -2.47. The molecule has 3 atom stereocenters. The van der Waals surface area contributed by atoms with Crippen molar-refractivity contribution < 1.29 is 39.9 Å². The number of nitrogens with one attached hydrogen (secondary N) is 1. The number of aliphatic hydroxyl groups is 1. The molecule has 0 radical (unpaired) electrons. The van der Waals surface area contributed by atoms with Gasteiger partial charge in [-0.15, -0.1) is 13.2 Å². The van der Waals surface area contributed by atoms with Crippen LogP contribution in [-0.2, 0) is 33.1 Å². The Morgan fingerprint density at radius 2 is 1.33 bits per heavy atom. The summed E-state index contributed by atoms with van der Waals surface area (Å²) in [5, 5.41) is 12.0. The van der Waals surface area contributed by atoms with E-state index in [1.54, 1.807) is 30.3 Å². The Kier molecular flexibility index (Phi) is 9.17. The predicted molar refractivity (Wildman–Crippen MR) is 175 cm³/mol. The molecule has 0 aromatic heterocycles. The van der Waals surface area contributed by atoms with Crippen LogP contribution in [0.2, 0.25) is 0 Å². The molecule has 0 aliphatic carbocycles. The number of hydrogen-bond donors (Lipinski definition) is 2. The van der Waals surface area contributed by atoms with Crippen LogP contribution in [0.5, 0.6) is 5.75 Å². The van der Waals surface area contributed by atoms with E-state index in [0.29, 0.717) is 18.5 Å². The van der Waals surface area contributed by atoms with Crippen LogP contribution in [-0.4, -0.2) is 70.9 Å². The van der Waals surface area contributed by atoms with E-state index < -0.39 is 62.0 Å². The topological polar surface area (TPSA) is 119 Å². The Hall–Kier alpha value is -4.15. The second-order valence-corrected chi connectivity index (χ2v) is 15.2. The highest BCUT2D eigenvalue weighted by Crippen LogP contribution is 2.40. The predicted octanol–water partition coefficient (Wildman–Crippen LogP) is 4.60. The normalized spacial score (nSPS) is 20.4. The number of piperidine rings is 1. The smallest absolute Gasteiger partial charge is 0.406 e. The second-order valence-electron chi connectivity index (χ2n) is 11.6. The molecule has 1 saturated heterocycles. The van der Waals surface area contributed by atoms with Crippen molar-refractivity contribution in [2.45, 2.75) is 42.3 Å². The van der Waals surface area contributed by atoms with Crippen molar-refractivity contribution in [3.63, 3.8) is 0 Å². The van der Waals surface area contributed by atoms with E-state index in [4.69, 9.17) is 0 Å². The van der Waals surface area contributed by atoms with E-state index in [9.17, 15) is 35.1 Å². The summed E-state index contributed by atoms with van der Waals surface area (Å²) >= 11 is 0. The van der Waals surface area contributed by atoms with Gasteiger partial charge in [-0.25, -0.2) is 13.1 Å². The molecule has 0 spiro atoms. The van der Waals surface area contributed by atoms with Gasteiger partial charge < -0.3 is 14.7 Å². The monoisotopic (exact) mass is 702 g/mol. The molecule has 254 valence electrons. The average Bonchev–Trinajstić information content (AvgIpc) is 3.22. The van der Waals surface area contributed by atoms with Gasteiger partial charge in [0.1, 0.15) is 5.75 Å². The van der Waals surface area contributed by atoms with Gasteiger partial charge in [0.2, 0.25) is 10.0 Å². The Bertz CT molecular complexity index is 1930. The first-order valence-corrected chi connectivity index (χ1v) is 17.9. The number of aliphatic hydroxyl groups excluding tert-OH is 1. The minimum Gasteiger partial charge on any atom is -0.406 e. The molecule has 10 nitrogen and oxygen atoms in total. The van der Waals surface area contributed by atoms with Crippen LogP contribution in [0.1, 0.15) is 11.1 Å². The maximum Gasteiger partial charge on any atom is 0.573 e. The molecule has 2 unspecified atom stereocenters. The van der Waals surface area contributed by atoms with Crippen molar-refractivity contribution in [1.82, 2.24) is 9.03 Å². The first-order valence-electron chi connectivity index (χ1n) is 15.0. The van der Waals surface area contributed by atoms with Crippen molar-refractivity contribution in [2.24, 2.45) is 0 Å². The fraction of sp³-hybridized carbons (Fsp3) is 0.273. The molecule has 48 heavy (non-hydrogen) atoms. The molecule has 0 saturated carbocycles. The van der Waals surface area contributed by atoms with Crippen LogP contribution in [0.25, 0.3) is 0 Å².